The van der Waals surface area contributed by atoms with Crippen molar-refractivity contribution >= 4 is 34.8 Å². The Hall–Kier alpha value is -4.51. The highest BCUT2D eigenvalue weighted by Crippen LogP contribution is 2.30. The largest absolute Gasteiger partial charge is 0.323 e. The number of pyridine rings is 1. The number of hydrogen-bond donors (Lipinski definition) is 2. The van der Waals surface area contributed by atoms with Crippen LogP contribution in [0.1, 0.15) is 32.1 Å². The lowest BCUT2D eigenvalue weighted by Crippen LogP contribution is -2.42. The maximum Gasteiger partial charge on any atom is 0.274 e. The van der Waals surface area contributed by atoms with Crippen molar-refractivity contribution in [3.63, 3.8) is 0 Å². The summed E-state index contributed by atoms with van der Waals surface area (Å²) in [5, 5.41) is 14.4. The quantitative estimate of drug-likeness (QED) is 0.687. The van der Waals surface area contributed by atoms with Crippen LogP contribution in [0.5, 0.6) is 0 Å². The molecule has 2 aromatic carbocycles. The van der Waals surface area contributed by atoms with Crippen LogP contribution in [-0.4, -0.2) is 29.3 Å². The molecule has 0 bridgehead atoms. The molecular formula is C23H17N5O3. The van der Waals surface area contributed by atoms with E-state index in [1.165, 1.54) is 11.0 Å². The summed E-state index contributed by atoms with van der Waals surface area (Å²) >= 11 is 0. The second kappa shape index (κ2) is 8.08. The van der Waals surface area contributed by atoms with Crippen LogP contribution in [0.3, 0.4) is 0 Å². The van der Waals surface area contributed by atoms with Gasteiger partial charge in [-0.2, -0.15) is 5.26 Å². The van der Waals surface area contributed by atoms with Crippen molar-refractivity contribution in [1.82, 2.24) is 4.98 Å². The maximum atomic E-state index is 13.0. The van der Waals surface area contributed by atoms with Gasteiger partial charge in [0.25, 0.3) is 11.8 Å². The van der Waals surface area contributed by atoms with Gasteiger partial charge in [0.2, 0.25) is 5.91 Å². The summed E-state index contributed by atoms with van der Waals surface area (Å²) in [5.41, 5.74) is 3.16. The van der Waals surface area contributed by atoms with Crippen LogP contribution in [0, 0.1) is 18.3 Å². The van der Waals surface area contributed by atoms with Crippen molar-refractivity contribution in [3.8, 4) is 6.07 Å². The summed E-state index contributed by atoms with van der Waals surface area (Å²) in [7, 11) is 0. The van der Waals surface area contributed by atoms with Crippen LogP contribution < -0.4 is 15.5 Å². The van der Waals surface area contributed by atoms with Gasteiger partial charge in [0.1, 0.15) is 18.3 Å². The molecule has 3 amide bonds. The number of nitrogens with one attached hydrogen (secondary N) is 2. The molecule has 0 spiro atoms. The molecule has 152 valence electrons. The van der Waals surface area contributed by atoms with E-state index in [9.17, 15) is 14.4 Å². The number of nitriles is 1. The highest BCUT2D eigenvalue weighted by molar-refractivity contribution is 6.15. The zero-order valence-electron chi connectivity index (χ0n) is 16.5. The van der Waals surface area contributed by atoms with Gasteiger partial charge in [0.15, 0.2) is 0 Å². The zero-order valence-corrected chi connectivity index (χ0v) is 16.5. The number of anilines is 3. The Morgan fingerprint density at radius 1 is 1.10 bits per heavy atom. The van der Waals surface area contributed by atoms with Crippen molar-refractivity contribution in [1.29, 1.82) is 5.26 Å². The first-order valence-corrected chi connectivity index (χ1v) is 9.46. The van der Waals surface area contributed by atoms with Crippen LogP contribution in [-0.2, 0) is 4.79 Å². The Kier molecular flexibility index (Phi) is 5.16. The molecule has 8 nitrogen and oxygen atoms in total. The van der Waals surface area contributed by atoms with Crippen LogP contribution in [0.2, 0.25) is 0 Å². The summed E-state index contributed by atoms with van der Waals surface area (Å²) < 4.78 is 0. The lowest BCUT2D eigenvalue weighted by Gasteiger charge is -2.29. The molecule has 1 aromatic heterocycles. The summed E-state index contributed by atoms with van der Waals surface area (Å²) in [6.07, 6.45) is 0. The number of carbonyl (C=O) groups is 3. The van der Waals surface area contributed by atoms with Crippen LogP contribution in [0.25, 0.3) is 0 Å². The number of aryl methyl sites for hydroxylation is 1. The fourth-order valence-electron chi connectivity index (χ4n) is 3.27. The molecule has 2 heterocycles. The first kappa shape index (κ1) is 19.8. The van der Waals surface area contributed by atoms with Crippen molar-refractivity contribution in [2.45, 2.75) is 6.92 Å². The molecule has 4 rings (SSSR count). The molecule has 31 heavy (non-hydrogen) atoms. The van der Waals surface area contributed by atoms with Gasteiger partial charge in [0.05, 0.1) is 22.6 Å². The second-order valence-corrected chi connectivity index (χ2v) is 6.93. The number of rotatable bonds is 3. The van der Waals surface area contributed by atoms with E-state index in [4.69, 9.17) is 5.26 Å². The van der Waals surface area contributed by atoms with Crippen LogP contribution in [0.15, 0.2) is 60.7 Å². The predicted octanol–water partition coefficient (Wildman–Crippen LogP) is 3.11. The number of benzene rings is 2. The van der Waals surface area contributed by atoms with Crippen molar-refractivity contribution in [2.75, 3.05) is 22.1 Å². The average molecular weight is 411 g/mol. The van der Waals surface area contributed by atoms with E-state index in [2.05, 4.69) is 15.6 Å². The van der Waals surface area contributed by atoms with E-state index < -0.39 is 5.91 Å². The Morgan fingerprint density at radius 3 is 2.55 bits per heavy atom. The molecular weight excluding hydrogens is 394 g/mol. The Bertz CT molecular complexity index is 1240. The first-order chi connectivity index (χ1) is 15.0. The standard InChI is InChI=1S/C23H17N5O3/c1-14-16(12-24)8-11-19(25-14)22(30)26-17-9-6-15(7-10-17)23(31)28-13-21(29)27-18-4-2-3-5-20(18)28/h2-11H,13H2,1H3,(H,26,30)(H,27,29). The van der Waals surface area contributed by atoms with Gasteiger partial charge >= 0.3 is 0 Å². The summed E-state index contributed by atoms with van der Waals surface area (Å²) in [4.78, 5) is 42.9. The average Bonchev–Trinajstić information content (AvgIpc) is 2.78. The molecule has 0 fully saturated rings. The van der Waals surface area contributed by atoms with Gasteiger partial charge in [-0.05, 0) is 55.5 Å². The third-order valence-electron chi connectivity index (χ3n) is 4.84. The fourth-order valence-corrected chi connectivity index (χ4v) is 3.27. The highest BCUT2D eigenvalue weighted by Gasteiger charge is 2.27. The number of aromatic nitrogens is 1. The van der Waals surface area contributed by atoms with E-state index in [-0.39, 0.29) is 24.1 Å². The number of hydrogen-bond acceptors (Lipinski definition) is 5. The molecule has 0 aliphatic carbocycles. The Balaban J connectivity index is 1.50. The molecule has 0 saturated heterocycles. The Morgan fingerprint density at radius 2 is 1.84 bits per heavy atom. The molecule has 2 N–H and O–H groups in total. The lowest BCUT2D eigenvalue weighted by molar-refractivity contribution is -0.115. The van der Waals surface area contributed by atoms with Crippen molar-refractivity contribution in [2.24, 2.45) is 0 Å². The number of para-hydroxylation sites is 2. The molecule has 0 saturated carbocycles. The molecule has 8 heteroatoms. The molecule has 1 aliphatic rings. The smallest absolute Gasteiger partial charge is 0.274 e. The van der Waals surface area contributed by atoms with Crippen molar-refractivity contribution in [3.05, 3.63) is 83.2 Å². The van der Waals surface area contributed by atoms with Gasteiger partial charge in [0, 0.05) is 11.3 Å². The minimum absolute atomic E-state index is 0.0714. The molecule has 3 aromatic rings. The van der Waals surface area contributed by atoms with Crippen LogP contribution in [0.4, 0.5) is 17.1 Å². The highest BCUT2D eigenvalue weighted by atomic mass is 16.2. The number of carbonyl (C=O) groups excluding carboxylic acids is 3. The molecule has 0 radical (unpaired) electrons. The predicted molar refractivity (Wildman–Crippen MR) is 115 cm³/mol. The minimum atomic E-state index is -0.423. The second-order valence-electron chi connectivity index (χ2n) is 6.93. The SMILES string of the molecule is Cc1nc(C(=O)Nc2ccc(C(=O)N3CC(=O)Nc4ccccc43)cc2)ccc1C#N. The maximum absolute atomic E-state index is 13.0. The van der Waals surface area contributed by atoms with Gasteiger partial charge in [-0.25, -0.2) is 4.98 Å². The summed E-state index contributed by atoms with van der Waals surface area (Å²) in [5.74, 6) is -1.00. The Labute approximate surface area is 178 Å². The monoisotopic (exact) mass is 411 g/mol. The van der Waals surface area contributed by atoms with Gasteiger partial charge in [-0.1, -0.05) is 12.1 Å². The fraction of sp³-hybridized carbons (Fsp3) is 0.0870. The lowest BCUT2D eigenvalue weighted by atomic mass is 10.1. The van der Waals surface area contributed by atoms with E-state index >= 15 is 0 Å². The van der Waals surface area contributed by atoms with Crippen molar-refractivity contribution < 1.29 is 14.4 Å². The van der Waals surface area contributed by atoms with E-state index in [0.29, 0.717) is 33.9 Å². The first-order valence-electron chi connectivity index (χ1n) is 9.46. The summed E-state index contributed by atoms with van der Waals surface area (Å²) in [6.45, 7) is 1.59. The van der Waals surface area contributed by atoms with Gasteiger partial charge < -0.3 is 10.6 Å². The van der Waals surface area contributed by atoms with Gasteiger partial charge in [-0.15, -0.1) is 0 Å². The number of nitrogens with zero attached hydrogens (tertiary/aromatic N) is 3. The minimum Gasteiger partial charge on any atom is -0.323 e. The normalized spacial score (nSPS) is 12.4. The van der Waals surface area contributed by atoms with E-state index in [1.807, 2.05) is 6.07 Å². The number of amides is 3. The summed E-state index contributed by atoms with van der Waals surface area (Å²) in [6, 6.07) is 18.5. The third-order valence-corrected chi connectivity index (χ3v) is 4.84. The number of fused-ring (bicyclic) bond motifs is 1. The topological polar surface area (TPSA) is 115 Å². The van der Waals surface area contributed by atoms with Crippen LogP contribution >= 0.6 is 0 Å². The van der Waals surface area contributed by atoms with Gasteiger partial charge in [-0.3, -0.25) is 19.3 Å². The van der Waals surface area contributed by atoms with E-state index in [1.54, 1.807) is 61.5 Å². The zero-order chi connectivity index (χ0) is 22.0. The molecule has 0 unspecified atom stereocenters. The van der Waals surface area contributed by atoms with E-state index in [0.717, 1.165) is 0 Å². The molecule has 1 aliphatic heterocycles. The third kappa shape index (κ3) is 3.97. The molecule has 0 atom stereocenters.